The van der Waals surface area contributed by atoms with E-state index in [9.17, 15) is 25.3 Å². The molecule has 2 aliphatic heterocycles. The number of fused-ring (bicyclic) bond motifs is 1. The molecule has 2 saturated heterocycles. The minimum Gasteiger partial charge on any atom is -0.341 e. The zero-order valence-corrected chi connectivity index (χ0v) is 27.6. The molecule has 3 aromatic carbocycles. The lowest BCUT2D eigenvalue weighted by molar-refractivity contribution is -0.245. The molecule has 0 saturated carbocycles. The van der Waals surface area contributed by atoms with E-state index in [4.69, 9.17) is 26.8 Å². The lowest BCUT2D eigenvalue weighted by Crippen LogP contribution is -2.60. The predicted molar refractivity (Wildman–Crippen MR) is 159 cm³/mol. The van der Waals surface area contributed by atoms with Gasteiger partial charge in [-0.3, -0.25) is 12.5 Å². The van der Waals surface area contributed by atoms with Crippen LogP contribution >= 0.6 is 0 Å². The highest BCUT2D eigenvalue weighted by atomic mass is 32.2. The number of hydrogen-bond donors (Lipinski definition) is 0. The fourth-order valence-corrected chi connectivity index (χ4v) is 7.95. The molecule has 12 nitrogen and oxygen atoms in total. The molecule has 0 spiro atoms. The molecule has 15 heteroatoms. The predicted octanol–water partition coefficient (Wildman–Crippen LogP) is 3.74. The molecule has 0 amide bonds. The quantitative estimate of drug-likeness (QED) is 0.286. The molecule has 0 aliphatic carbocycles. The van der Waals surface area contributed by atoms with Crippen molar-refractivity contribution in [3.8, 4) is 0 Å². The van der Waals surface area contributed by atoms with Gasteiger partial charge in [-0.2, -0.15) is 25.3 Å². The molecule has 244 valence electrons. The highest BCUT2D eigenvalue weighted by Crippen LogP contribution is 2.40. The molecule has 0 radical (unpaired) electrons. The first-order valence-electron chi connectivity index (χ1n) is 13.9. The molecule has 5 atom stereocenters. The third-order valence-electron chi connectivity index (χ3n) is 7.20. The van der Waals surface area contributed by atoms with Gasteiger partial charge < -0.3 is 14.2 Å². The molecule has 0 unspecified atom stereocenters. The van der Waals surface area contributed by atoms with Gasteiger partial charge in [-0.1, -0.05) is 53.1 Å². The van der Waals surface area contributed by atoms with Gasteiger partial charge in [0.05, 0.1) is 21.3 Å². The molecule has 2 aliphatic rings. The molecule has 5 rings (SSSR count). The van der Waals surface area contributed by atoms with Crippen molar-refractivity contribution >= 4 is 30.4 Å². The van der Waals surface area contributed by atoms with Crippen molar-refractivity contribution in [1.29, 1.82) is 0 Å². The Balaban J connectivity index is 1.54. The van der Waals surface area contributed by atoms with E-state index in [0.29, 0.717) is 0 Å². The van der Waals surface area contributed by atoms with Crippen LogP contribution in [0.25, 0.3) is 0 Å². The molecule has 0 aromatic heterocycles. The Morgan fingerprint density at radius 1 is 0.600 bits per heavy atom. The van der Waals surface area contributed by atoms with E-state index in [-0.39, 0.29) is 14.7 Å². The minimum atomic E-state index is -4.59. The molecular weight excluding hydrogens is 649 g/mol. The fraction of sp³-hybridized carbons (Fsp3) is 0.400. The minimum absolute atomic E-state index is 0.150. The standard InChI is InChI=1S/C30H34O12S3/c1-19-6-12-22(13-7-19)43(31,32)37-18-25-26(41-44(33,34)23-14-8-20(2)9-15-23)27(28-29(38-25)40-30(4,5)39-28)42-45(35,36)24-16-10-21(3)11-17-24/h6-17,25-29H,18H2,1-5H3/t25-,26+,27-,28+,29+/m0/s1. The summed E-state index contributed by atoms with van der Waals surface area (Å²) in [5.74, 6) is -1.31. The van der Waals surface area contributed by atoms with E-state index >= 15 is 0 Å². The van der Waals surface area contributed by atoms with Crippen molar-refractivity contribution in [2.75, 3.05) is 6.61 Å². The summed E-state index contributed by atoms with van der Waals surface area (Å²) in [5, 5.41) is 0. The van der Waals surface area contributed by atoms with Gasteiger partial charge in [0.1, 0.15) is 24.4 Å². The van der Waals surface area contributed by atoms with Crippen LogP contribution in [0.15, 0.2) is 87.5 Å². The second kappa shape index (κ2) is 12.5. The fourth-order valence-electron chi connectivity index (χ4n) is 4.84. The van der Waals surface area contributed by atoms with Crippen molar-refractivity contribution in [2.24, 2.45) is 0 Å². The second-order valence-corrected chi connectivity index (χ2v) is 16.1. The number of aryl methyl sites for hydroxylation is 3. The largest absolute Gasteiger partial charge is 0.341 e. The van der Waals surface area contributed by atoms with Gasteiger partial charge in [0.25, 0.3) is 30.4 Å². The summed E-state index contributed by atoms with van der Waals surface area (Å²) in [7, 11) is -13.5. The van der Waals surface area contributed by atoms with Crippen LogP contribution in [-0.2, 0) is 57.1 Å². The van der Waals surface area contributed by atoms with Crippen LogP contribution in [0, 0.1) is 20.8 Å². The smallest absolute Gasteiger partial charge is 0.297 e. The van der Waals surface area contributed by atoms with Crippen molar-refractivity contribution in [2.45, 2.75) is 85.8 Å². The average Bonchev–Trinajstić information content (AvgIpc) is 3.27. The maximum atomic E-state index is 13.5. The molecule has 2 fully saturated rings. The molecule has 45 heavy (non-hydrogen) atoms. The maximum Gasteiger partial charge on any atom is 0.297 e. The summed E-state index contributed by atoms with van der Waals surface area (Å²) < 4.78 is 115. The van der Waals surface area contributed by atoms with Crippen molar-refractivity contribution < 1.29 is 52.0 Å². The first-order chi connectivity index (χ1) is 21.0. The van der Waals surface area contributed by atoms with E-state index in [1.807, 2.05) is 0 Å². The van der Waals surface area contributed by atoms with Crippen LogP contribution in [0.2, 0.25) is 0 Å². The number of hydrogen-bond acceptors (Lipinski definition) is 12. The van der Waals surface area contributed by atoms with Crippen LogP contribution in [0.3, 0.4) is 0 Å². The number of rotatable bonds is 10. The topological polar surface area (TPSA) is 158 Å². The van der Waals surface area contributed by atoms with Crippen molar-refractivity contribution in [3.63, 3.8) is 0 Å². The summed E-state index contributed by atoms with van der Waals surface area (Å²) >= 11 is 0. The molecule has 0 bridgehead atoms. The number of ether oxygens (including phenoxy) is 3. The zero-order chi connectivity index (χ0) is 32.8. The SMILES string of the molecule is Cc1ccc(S(=O)(=O)OC[C@@H]2O[C@@H]3OC(C)(C)O[C@@H]3[C@@H](OS(=O)(=O)c3ccc(C)cc3)[C@@H]2OS(=O)(=O)c2ccc(C)cc2)cc1. The third kappa shape index (κ3) is 7.64. The highest BCUT2D eigenvalue weighted by Gasteiger charge is 2.58. The Hall–Kier alpha value is -2.73. The van der Waals surface area contributed by atoms with Crippen LogP contribution < -0.4 is 0 Å². The summed E-state index contributed by atoms with van der Waals surface area (Å²) in [6, 6.07) is 17.5. The number of benzene rings is 3. The summed E-state index contributed by atoms with van der Waals surface area (Å²) in [6.45, 7) is 7.66. The first kappa shape index (κ1) is 33.6. The zero-order valence-electron chi connectivity index (χ0n) is 25.1. The van der Waals surface area contributed by atoms with Gasteiger partial charge in [0.2, 0.25) is 0 Å². The lowest BCUT2D eigenvalue weighted by Gasteiger charge is -2.41. The lowest BCUT2D eigenvalue weighted by atomic mass is 9.99. The second-order valence-electron chi connectivity index (χ2n) is 11.4. The van der Waals surface area contributed by atoms with E-state index in [1.54, 1.807) is 71.0 Å². The van der Waals surface area contributed by atoms with Crippen molar-refractivity contribution in [1.82, 2.24) is 0 Å². The Bertz CT molecular complexity index is 1840. The third-order valence-corrected chi connectivity index (χ3v) is 11.1. The highest BCUT2D eigenvalue weighted by molar-refractivity contribution is 7.87. The Labute approximate surface area is 263 Å². The first-order valence-corrected chi connectivity index (χ1v) is 18.2. The summed E-state index contributed by atoms with van der Waals surface area (Å²) in [6.07, 6.45) is -7.59. The van der Waals surface area contributed by atoms with Crippen LogP contribution in [0.1, 0.15) is 30.5 Å². The van der Waals surface area contributed by atoms with Gasteiger partial charge in [0.15, 0.2) is 12.1 Å². The van der Waals surface area contributed by atoms with Crippen LogP contribution in [0.4, 0.5) is 0 Å². The van der Waals surface area contributed by atoms with Gasteiger partial charge in [0, 0.05) is 0 Å². The normalized spacial score (nSPS) is 25.1. The van der Waals surface area contributed by atoms with E-state index < -0.39 is 73.5 Å². The van der Waals surface area contributed by atoms with Gasteiger partial charge >= 0.3 is 0 Å². The Morgan fingerprint density at radius 2 is 1.00 bits per heavy atom. The molecular formula is C30H34O12S3. The average molecular weight is 683 g/mol. The Morgan fingerprint density at radius 3 is 1.44 bits per heavy atom. The Kier molecular flexibility index (Phi) is 9.32. The maximum absolute atomic E-state index is 13.5. The van der Waals surface area contributed by atoms with Gasteiger partial charge in [-0.05, 0) is 71.0 Å². The summed E-state index contributed by atoms with van der Waals surface area (Å²) in [4.78, 5) is -0.585. The van der Waals surface area contributed by atoms with E-state index in [1.165, 1.54) is 36.4 Å². The van der Waals surface area contributed by atoms with Crippen molar-refractivity contribution in [3.05, 3.63) is 89.5 Å². The van der Waals surface area contributed by atoms with E-state index in [2.05, 4.69) is 0 Å². The van der Waals surface area contributed by atoms with Gasteiger partial charge in [-0.15, -0.1) is 0 Å². The monoisotopic (exact) mass is 682 g/mol. The van der Waals surface area contributed by atoms with Crippen LogP contribution in [0.5, 0.6) is 0 Å². The molecule has 0 N–H and O–H groups in total. The van der Waals surface area contributed by atoms with Gasteiger partial charge in [-0.25, -0.2) is 0 Å². The molecule has 2 heterocycles. The van der Waals surface area contributed by atoms with Crippen LogP contribution in [-0.4, -0.2) is 68.4 Å². The molecule has 3 aromatic rings. The van der Waals surface area contributed by atoms with E-state index in [0.717, 1.165) is 16.7 Å². The summed E-state index contributed by atoms with van der Waals surface area (Å²) in [5.41, 5.74) is 2.41.